The molecule has 3 rings (SSSR count). The molecule has 0 radical (unpaired) electrons. The van der Waals surface area contributed by atoms with Crippen LogP contribution in [0.1, 0.15) is 5.56 Å². The number of hydrogen-bond donors (Lipinski definition) is 1. The summed E-state index contributed by atoms with van der Waals surface area (Å²) in [4.78, 5) is 13.5. The minimum Gasteiger partial charge on any atom is -0.329 e. The normalized spacial score (nSPS) is 13.4. The predicted molar refractivity (Wildman–Crippen MR) is 73.2 cm³/mol. The van der Waals surface area contributed by atoms with Crippen molar-refractivity contribution in [3.8, 4) is 6.07 Å². The number of rotatable bonds is 1. The minimum atomic E-state index is -0.472. The molecule has 0 bridgehead atoms. The maximum absolute atomic E-state index is 13.2. The maximum atomic E-state index is 13.2. The molecule has 1 N–H and O–H groups in total. The number of halogens is 1. The lowest BCUT2D eigenvalue weighted by molar-refractivity contribution is -0.115. The molecule has 1 aliphatic heterocycles. The average Bonchev–Trinajstić information content (AvgIpc) is 2.46. The highest BCUT2D eigenvalue weighted by molar-refractivity contribution is 6.03. The Kier molecular flexibility index (Phi) is 2.84. The van der Waals surface area contributed by atoms with Gasteiger partial charge in [-0.25, -0.2) is 4.39 Å². The van der Waals surface area contributed by atoms with Gasteiger partial charge >= 0.3 is 0 Å². The molecule has 5 heteroatoms. The van der Waals surface area contributed by atoms with E-state index in [1.807, 2.05) is 24.3 Å². The molecular formula is C15H10FN3O. The topological polar surface area (TPSA) is 56.1 Å². The van der Waals surface area contributed by atoms with E-state index in [-0.39, 0.29) is 18.0 Å². The van der Waals surface area contributed by atoms with Crippen LogP contribution in [0.25, 0.3) is 0 Å². The zero-order chi connectivity index (χ0) is 14.1. The molecule has 0 aliphatic carbocycles. The quantitative estimate of drug-likeness (QED) is 0.864. The van der Waals surface area contributed by atoms with Crippen molar-refractivity contribution in [2.45, 2.75) is 0 Å². The second-order valence-corrected chi connectivity index (χ2v) is 4.42. The first-order valence-electron chi connectivity index (χ1n) is 6.05. The largest absolute Gasteiger partial charge is 0.329 e. The monoisotopic (exact) mass is 267 g/mol. The number of nitrogens with zero attached hydrogens (tertiary/aromatic N) is 2. The van der Waals surface area contributed by atoms with E-state index in [1.54, 1.807) is 11.0 Å². The molecule has 0 aromatic heterocycles. The number of nitriles is 1. The van der Waals surface area contributed by atoms with Gasteiger partial charge < -0.3 is 10.2 Å². The Balaban J connectivity index is 2.16. The summed E-state index contributed by atoms with van der Waals surface area (Å²) in [5.74, 6) is -0.642. The summed E-state index contributed by atoms with van der Waals surface area (Å²) < 4.78 is 13.2. The molecule has 0 fully saturated rings. The Morgan fingerprint density at radius 1 is 1.20 bits per heavy atom. The van der Waals surface area contributed by atoms with E-state index >= 15 is 0 Å². The molecule has 4 nitrogen and oxygen atoms in total. The standard InChI is InChI=1S/C15H10FN3O/c16-11-5-6-13(10(7-11)8-17)19-9-15(20)18-12-3-1-2-4-14(12)19/h1-7H,9H2,(H,18,20). The van der Waals surface area contributed by atoms with Crippen LogP contribution in [0.2, 0.25) is 0 Å². The zero-order valence-electron chi connectivity index (χ0n) is 10.4. The van der Waals surface area contributed by atoms with Gasteiger partial charge in [0.1, 0.15) is 18.4 Å². The van der Waals surface area contributed by atoms with Gasteiger partial charge in [0.05, 0.1) is 22.6 Å². The second-order valence-electron chi connectivity index (χ2n) is 4.42. The summed E-state index contributed by atoms with van der Waals surface area (Å²) >= 11 is 0. The van der Waals surface area contributed by atoms with Crippen LogP contribution in [0.5, 0.6) is 0 Å². The first-order valence-corrected chi connectivity index (χ1v) is 6.05. The van der Waals surface area contributed by atoms with Gasteiger partial charge in [0.25, 0.3) is 0 Å². The van der Waals surface area contributed by atoms with Crippen LogP contribution in [-0.4, -0.2) is 12.5 Å². The highest BCUT2D eigenvalue weighted by Gasteiger charge is 2.24. The van der Waals surface area contributed by atoms with Crippen molar-refractivity contribution in [3.63, 3.8) is 0 Å². The van der Waals surface area contributed by atoms with Crippen molar-refractivity contribution in [2.75, 3.05) is 16.8 Å². The van der Waals surface area contributed by atoms with Crippen LogP contribution in [0.3, 0.4) is 0 Å². The van der Waals surface area contributed by atoms with Gasteiger partial charge in [-0.05, 0) is 30.3 Å². The minimum absolute atomic E-state index is 0.0946. The summed E-state index contributed by atoms with van der Waals surface area (Å²) in [6.45, 7) is 0.0946. The number of nitrogens with one attached hydrogen (secondary N) is 1. The molecule has 20 heavy (non-hydrogen) atoms. The van der Waals surface area contributed by atoms with E-state index in [2.05, 4.69) is 5.32 Å². The zero-order valence-corrected chi connectivity index (χ0v) is 10.4. The van der Waals surface area contributed by atoms with Gasteiger partial charge in [0.2, 0.25) is 5.91 Å². The number of hydrogen-bond acceptors (Lipinski definition) is 3. The van der Waals surface area contributed by atoms with Crippen LogP contribution in [0, 0.1) is 17.1 Å². The van der Waals surface area contributed by atoms with E-state index in [1.165, 1.54) is 18.2 Å². The van der Waals surface area contributed by atoms with E-state index in [4.69, 9.17) is 5.26 Å². The lowest BCUT2D eigenvalue weighted by Gasteiger charge is -2.31. The molecule has 0 unspecified atom stereocenters. The van der Waals surface area contributed by atoms with Gasteiger partial charge in [-0.3, -0.25) is 4.79 Å². The summed E-state index contributed by atoms with van der Waals surface area (Å²) in [6, 6.07) is 13.2. The highest BCUT2D eigenvalue weighted by atomic mass is 19.1. The van der Waals surface area contributed by atoms with Gasteiger partial charge in [-0.15, -0.1) is 0 Å². The number of para-hydroxylation sites is 2. The molecule has 1 aliphatic rings. The lowest BCUT2D eigenvalue weighted by Crippen LogP contribution is -2.35. The van der Waals surface area contributed by atoms with Gasteiger partial charge in [0, 0.05) is 0 Å². The van der Waals surface area contributed by atoms with E-state index < -0.39 is 5.82 Å². The Morgan fingerprint density at radius 3 is 2.80 bits per heavy atom. The fourth-order valence-corrected chi connectivity index (χ4v) is 2.28. The van der Waals surface area contributed by atoms with Crippen LogP contribution >= 0.6 is 0 Å². The van der Waals surface area contributed by atoms with Crippen molar-refractivity contribution >= 4 is 23.0 Å². The molecule has 0 saturated heterocycles. The summed E-state index contributed by atoms with van der Waals surface area (Å²) in [6.07, 6.45) is 0. The fourth-order valence-electron chi connectivity index (χ4n) is 2.28. The number of carbonyl (C=O) groups is 1. The van der Waals surface area contributed by atoms with Gasteiger partial charge in [0.15, 0.2) is 0 Å². The average molecular weight is 267 g/mol. The third kappa shape index (κ3) is 1.97. The third-order valence-electron chi connectivity index (χ3n) is 3.14. The lowest BCUT2D eigenvalue weighted by atomic mass is 10.1. The molecular weight excluding hydrogens is 257 g/mol. The first kappa shape index (κ1) is 12.2. The van der Waals surface area contributed by atoms with Crippen LogP contribution in [0.15, 0.2) is 42.5 Å². The third-order valence-corrected chi connectivity index (χ3v) is 3.14. The molecule has 0 saturated carbocycles. The van der Waals surface area contributed by atoms with Crippen LogP contribution in [0.4, 0.5) is 21.5 Å². The number of carbonyl (C=O) groups excluding carboxylic acids is 1. The molecule has 1 heterocycles. The summed E-state index contributed by atoms with van der Waals surface area (Å²) in [5.41, 5.74) is 2.19. The molecule has 2 aromatic rings. The summed E-state index contributed by atoms with van der Waals surface area (Å²) in [5, 5.41) is 11.9. The smallest absolute Gasteiger partial charge is 0.244 e. The molecule has 0 atom stereocenters. The number of benzene rings is 2. The SMILES string of the molecule is N#Cc1cc(F)ccc1N1CC(=O)Nc2ccccc21. The Bertz CT molecular complexity index is 736. The van der Waals surface area contributed by atoms with Crippen molar-refractivity contribution in [2.24, 2.45) is 0 Å². The Morgan fingerprint density at radius 2 is 2.00 bits per heavy atom. The molecule has 0 spiro atoms. The van der Waals surface area contributed by atoms with Crippen molar-refractivity contribution in [1.82, 2.24) is 0 Å². The fraction of sp³-hybridized carbons (Fsp3) is 0.0667. The number of fused-ring (bicyclic) bond motifs is 1. The number of amides is 1. The highest BCUT2D eigenvalue weighted by Crippen LogP contribution is 2.36. The van der Waals surface area contributed by atoms with E-state index in [9.17, 15) is 9.18 Å². The van der Waals surface area contributed by atoms with Gasteiger partial charge in [-0.1, -0.05) is 12.1 Å². The second kappa shape index (κ2) is 4.67. The van der Waals surface area contributed by atoms with Crippen molar-refractivity contribution in [1.29, 1.82) is 5.26 Å². The van der Waals surface area contributed by atoms with Crippen LogP contribution in [-0.2, 0) is 4.79 Å². The Hall–Kier alpha value is -2.87. The first-order chi connectivity index (χ1) is 9.69. The molecule has 2 aromatic carbocycles. The summed E-state index contributed by atoms with van der Waals surface area (Å²) in [7, 11) is 0. The van der Waals surface area contributed by atoms with E-state index in [0.29, 0.717) is 11.4 Å². The maximum Gasteiger partial charge on any atom is 0.244 e. The van der Waals surface area contributed by atoms with Gasteiger partial charge in [-0.2, -0.15) is 5.26 Å². The Labute approximate surface area is 115 Å². The molecule has 1 amide bonds. The predicted octanol–water partition coefficient (Wildman–Crippen LogP) is 2.79. The molecule has 98 valence electrons. The van der Waals surface area contributed by atoms with Crippen LogP contribution < -0.4 is 10.2 Å². The van der Waals surface area contributed by atoms with Crippen molar-refractivity contribution in [3.05, 3.63) is 53.8 Å². The van der Waals surface area contributed by atoms with E-state index in [0.717, 1.165) is 5.69 Å². The number of anilines is 3. The van der Waals surface area contributed by atoms with Crippen molar-refractivity contribution < 1.29 is 9.18 Å².